The standard InChI is InChI=1S/C17H32N2O4/c1-8-15(2,3)14(21)23-11-13(20)18-12-9-16(4,5)19(22)17(6,7)10-12/h12,22H,8-11H2,1-7H3,(H,18,20). The van der Waals surface area contributed by atoms with E-state index in [0.717, 1.165) is 0 Å². The minimum atomic E-state index is -0.577. The van der Waals surface area contributed by atoms with Crippen LogP contribution in [0.1, 0.15) is 67.7 Å². The summed E-state index contributed by atoms with van der Waals surface area (Å²) in [6, 6.07) is -0.0613. The van der Waals surface area contributed by atoms with Crippen LogP contribution in [0.3, 0.4) is 0 Å². The van der Waals surface area contributed by atoms with E-state index in [4.69, 9.17) is 4.74 Å². The minimum absolute atomic E-state index is 0.0613. The van der Waals surface area contributed by atoms with Crippen LogP contribution in [0.15, 0.2) is 0 Å². The first-order valence-corrected chi connectivity index (χ1v) is 8.27. The van der Waals surface area contributed by atoms with Gasteiger partial charge in [-0.1, -0.05) is 6.92 Å². The van der Waals surface area contributed by atoms with Gasteiger partial charge in [0.25, 0.3) is 5.91 Å². The maximum absolute atomic E-state index is 12.1. The van der Waals surface area contributed by atoms with E-state index in [1.54, 1.807) is 13.8 Å². The Kier molecular flexibility index (Phi) is 5.86. The number of nitrogens with zero attached hydrogens (tertiary/aromatic N) is 1. The molecule has 1 heterocycles. The van der Waals surface area contributed by atoms with Crippen LogP contribution in [0, 0.1) is 5.41 Å². The van der Waals surface area contributed by atoms with Crippen molar-refractivity contribution < 1.29 is 19.5 Å². The molecule has 1 fully saturated rings. The molecule has 1 rings (SSSR count). The van der Waals surface area contributed by atoms with Gasteiger partial charge >= 0.3 is 5.97 Å². The fraction of sp³-hybridized carbons (Fsp3) is 0.882. The fourth-order valence-electron chi connectivity index (χ4n) is 3.11. The summed E-state index contributed by atoms with van der Waals surface area (Å²) in [6.07, 6.45) is 1.92. The molecule has 6 heteroatoms. The van der Waals surface area contributed by atoms with Crippen molar-refractivity contribution >= 4 is 11.9 Å². The SMILES string of the molecule is CCC(C)(C)C(=O)OCC(=O)NC1CC(C)(C)N(O)C(C)(C)C1. The second-order valence-electron chi connectivity index (χ2n) is 8.42. The first kappa shape index (κ1) is 19.9. The Hall–Kier alpha value is -1.14. The molecule has 134 valence electrons. The Bertz CT molecular complexity index is 440. The Morgan fingerprint density at radius 1 is 1.22 bits per heavy atom. The summed E-state index contributed by atoms with van der Waals surface area (Å²) >= 11 is 0. The van der Waals surface area contributed by atoms with Gasteiger partial charge in [-0.2, -0.15) is 5.06 Å². The predicted molar refractivity (Wildman–Crippen MR) is 88.0 cm³/mol. The van der Waals surface area contributed by atoms with Crippen molar-refractivity contribution in [2.45, 2.75) is 84.8 Å². The van der Waals surface area contributed by atoms with E-state index in [1.807, 2.05) is 34.6 Å². The number of hydroxylamine groups is 2. The highest BCUT2D eigenvalue weighted by atomic mass is 16.5. The normalized spacial score (nSPS) is 21.7. The lowest BCUT2D eigenvalue weighted by Gasteiger charge is -2.51. The molecule has 2 N–H and O–H groups in total. The van der Waals surface area contributed by atoms with E-state index in [-0.39, 0.29) is 24.5 Å². The number of hydrogen-bond donors (Lipinski definition) is 2. The quantitative estimate of drug-likeness (QED) is 0.758. The van der Waals surface area contributed by atoms with E-state index >= 15 is 0 Å². The van der Waals surface area contributed by atoms with Gasteiger partial charge in [0.15, 0.2) is 6.61 Å². The summed E-state index contributed by atoms with van der Waals surface area (Å²) in [5.74, 6) is -0.658. The van der Waals surface area contributed by atoms with Crippen LogP contribution in [-0.4, -0.2) is 45.9 Å². The molecule has 0 bridgehead atoms. The van der Waals surface area contributed by atoms with E-state index in [0.29, 0.717) is 19.3 Å². The molecule has 1 saturated heterocycles. The van der Waals surface area contributed by atoms with E-state index in [1.165, 1.54) is 5.06 Å². The zero-order chi connectivity index (χ0) is 18.1. The third-order valence-corrected chi connectivity index (χ3v) is 4.77. The summed E-state index contributed by atoms with van der Waals surface area (Å²) in [4.78, 5) is 24.0. The van der Waals surface area contributed by atoms with Gasteiger partial charge in [-0.3, -0.25) is 9.59 Å². The molecule has 0 unspecified atom stereocenters. The molecular weight excluding hydrogens is 296 g/mol. The minimum Gasteiger partial charge on any atom is -0.455 e. The van der Waals surface area contributed by atoms with E-state index in [2.05, 4.69) is 5.32 Å². The number of carbonyl (C=O) groups is 2. The summed E-state index contributed by atoms with van der Waals surface area (Å²) in [6.45, 7) is 13.0. The molecule has 0 spiro atoms. The van der Waals surface area contributed by atoms with Gasteiger partial charge in [0, 0.05) is 17.1 Å². The largest absolute Gasteiger partial charge is 0.455 e. The first-order chi connectivity index (χ1) is 10.3. The summed E-state index contributed by atoms with van der Waals surface area (Å²) in [7, 11) is 0. The first-order valence-electron chi connectivity index (χ1n) is 8.27. The summed E-state index contributed by atoms with van der Waals surface area (Å²) in [5.41, 5.74) is -1.44. The van der Waals surface area contributed by atoms with Crippen molar-refractivity contribution in [1.29, 1.82) is 0 Å². The number of piperidine rings is 1. The van der Waals surface area contributed by atoms with Crippen molar-refractivity contribution in [3.63, 3.8) is 0 Å². The van der Waals surface area contributed by atoms with Gasteiger partial charge in [0.2, 0.25) is 0 Å². The Morgan fingerprint density at radius 2 is 1.70 bits per heavy atom. The third kappa shape index (κ3) is 4.91. The molecule has 1 amide bonds. The molecular formula is C17H32N2O4. The second-order valence-corrected chi connectivity index (χ2v) is 8.42. The van der Waals surface area contributed by atoms with Gasteiger partial charge in [-0.15, -0.1) is 0 Å². The van der Waals surface area contributed by atoms with Crippen LogP contribution < -0.4 is 5.32 Å². The Morgan fingerprint density at radius 3 is 2.13 bits per heavy atom. The van der Waals surface area contributed by atoms with Gasteiger partial charge < -0.3 is 15.3 Å². The molecule has 0 aromatic heterocycles. The van der Waals surface area contributed by atoms with Gasteiger partial charge in [0.05, 0.1) is 5.41 Å². The molecule has 1 aliphatic rings. The molecule has 23 heavy (non-hydrogen) atoms. The van der Waals surface area contributed by atoms with Crippen molar-refractivity contribution in [3.8, 4) is 0 Å². The molecule has 0 saturated carbocycles. The third-order valence-electron chi connectivity index (χ3n) is 4.77. The van der Waals surface area contributed by atoms with Crippen LogP contribution in [0.2, 0.25) is 0 Å². The zero-order valence-corrected chi connectivity index (χ0v) is 15.5. The van der Waals surface area contributed by atoms with Gasteiger partial charge in [0.1, 0.15) is 0 Å². The molecule has 0 aromatic rings. The molecule has 6 nitrogen and oxygen atoms in total. The van der Waals surface area contributed by atoms with Crippen LogP contribution >= 0.6 is 0 Å². The van der Waals surface area contributed by atoms with Crippen molar-refractivity contribution in [3.05, 3.63) is 0 Å². The summed E-state index contributed by atoms with van der Waals surface area (Å²) < 4.78 is 5.12. The number of esters is 1. The highest BCUT2D eigenvalue weighted by molar-refractivity contribution is 5.82. The molecule has 0 aliphatic carbocycles. The van der Waals surface area contributed by atoms with Crippen LogP contribution in [0.4, 0.5) is 0 Å². The van der Waals surface area contributed by atoms with Crippen molar-refractivity contribution in [1.82, 2.24) is 10.4 Å². The van der Waals surface area contributed by atoms with Crippen molar-refractivity contribution in [2.75, 3.05) is 6.61 Å². The lowest BCUT2D eigenvalue weighted by molar-refractivity contribution is -0.246. The number of rotatable bonds is 5. The smallest absolute Gasteiger partial charge is 0.312 e. The topological polar surface area (TPSA) is 78.9 Å². The van der Waals surface area contributed by atoms with Crippen LogP contribution in [0.25, 0.3) is 0 Å². The Balaban J connectivity index is 2.57. The Labute approximate surface area is 139 Å². The summed E-state index contributed by atoms with van der Waals surface area (Å²) in [5, 5.41) is 14.5. The molecule has 0 radical (unpaired) electrons. The fourth-order valence-corrected chi connectivity index (χ4v) is 3.11. The highest BCUT2D eigenvalue weighted by Gasteiger charge is 2.45. The maximum Gasteiger partial charge on any atom is 0.312 e. The van der Waals surface area contributed by atoms with Gasteiger partial charge in [-0.25, -0.2) is 0 Å². The van der Waals surface area contributed by atoms with Crippen LogP contribution in [-0.2, 0) is 14.3 Å². The zero-order valence-electron chi connectivity index (χ0n) is 15.5. The predicted octanol–water partition coefficient (Wildman–Crippen LogP) is 2.49. The highest BCUT2D eigenvalue weighted by Crippen LogP contribution is 2.36. The molecule has 0 atom stereocenters. The number of amides is 1. The van der Waals surface area contributed by atoms with E-state index < -0.39 is 16.5 Å². The lowest BCUT2D eigenvalue weighted by Crippen LogP contribution is -2.63. The second kappa shape index (κ2) is 6.77. The lowest BCUT2D eigenvalue weighted by atomic mass is 9.79. The van der Waals surface area contributed by atoms with Crippen molar-refractivity contribution in [2.24, 2.45) is 5.41 Å². The maximum atomic E-state index is 12.1. The monoisotopic (exact) mass is 328 g/mol. The number of hydrogen-bond acceptors (Lipinski definition) is 5. The number of carbonyl (C=O) groups excluding carboxylic acids is 2. The number of nitrogens with one attached hydrogen (secondary N) is 1. The average Bonchev–Trinajstić information content (AvgIpc) is 2.41. The van der Waals surface area contributed by atoms with E-state index in [9.17, 15) is 14.8 Å². The number of ether oxygens (including phenoxy) is 1. The average molecular weight is 328 g/mol. The molecule has 1 aliphatic heterocycles. The molecule has 0 aromatic carbocycles. The van der Waals surface area contributed by atoms with Crippen LogP contribution in [0.5, 0.6) is 0 Å². The van der Waals surface area contributed by atoms with Gasteiger partial charge in [-0.05, 0) is 60.8 Å².